The van der Waals surface area contributed by atoms with Crippen molar-refractivity contribution in [2.24, 2.45) is 5.41 Å². The van der Waals surface area contributed by atoms with Crippen LogP contribution in [0.15, 0.2) is 12.4 Å². The Morgan fingerprint density at radius 1 is 1.53 bits per heavy atom. The lowest BCUT2D eigenvalue weighted by Gasteiger charge is -2.29. The number of nitrogens with zero attached hydrogens (tertiary/aromatic N) is 3. The van der Waals surface area contributed by atoms with E-state index >= 15 is 0 Å². The molecule has 1 aliphatic rings. The fraction of sp³-hybridized carbons (Fsp3) is 0.615. The summed E-state index contributed by atoms with van der Waals surface area (Å²) in [6.07, 6.45) is 3.71. The maximum absolute atomic E-state index is 12.1. The molecule has 1 aromatic rings. The molecular weight excluding hydrogens is 244 g/mol. The summed E-state index contributed by atoms with van der Waals surface area (Å²) in [5, 5.41) is 2.75. The van der Waals surface area contributed by atoms with Crippen LogP contribution in [0.25, 0.3) is 0 Å². The van der Waals surface area contributed by atoms with E-state index in [0.717, 1.165) is 0 Å². The van der Waals surface area contributed by atoms with Gasteiger partial charge in [0.05, 0.1) is 7.11 Å². The molecule has 0 aliphatic heterocycles. The van der Waals surface area contributed by atoms with E-state index in [2.05, 4.69) is 29.1 Å². The first kappa shape index (κ1) is 13.6. The summed E-state index contributed by atoms with van der Waals surface area (Å²) < 4.78 is 4.99. The highest BCUT2D eigenvalue weighted by molar-refractivity contribution is 5.88. The lowest BCUT2D eigenvalue weighted by Crippen LogP contribution is -2.42. The molecule has 6 nitrogen and oxygen atoms in total. The van der Waals surface area contributed by atoms with E-state index in [0.29, 0.717) is 11.7 Å². The van der Waals surface area contributed by atoms with Gasteiger partial charge in [-0.25, -0.2) is 14.8 Å². The largest absolute Gasteiger partial charge is 0.481 e. The number of urea groups is 1. The van der Waals surface area contributed by atoms with Gasteiger partial charge in [0.25, 0.3) is 0 Å². The molecule has 0 bridgehead atoms. The first-order chi connectivity index (χ1) is 8.96. The van der Waals surface area contributed by atoms with Crippen molar-refractivity contribution >= 4 is 11.8 Å². The molecule has 1 fully saturated rings. The molecule has 1 N–H and O–H groups in total. The molecule has 1 heterocycles. The van der Waals surface area contributed by atoms with E-state index in [4.69, 9.17) is 4.74 Å². The molecule has 1 atom stereocenters. The summed E-state index contributed by atoms with van der Waals surface area (Å²) in [6.45, 7) is 4.28. The maximum atomic E-state index is 12.1. The number of amides is 2. The van der Waals surface area contributed by atoms with Gasteiger partial charge in [-0.1, -0.05) is 6.92 Å². The molecule has 0 spiro atoms. The SMILES string of the molecule is COc1cc(NC(=O)N(C)[C@H](C)C2(C)CC2)ncn1. The number of anilines is 1. The zero-order chi connectivity index (χ0) is 14.0. The first-order valence-corrected chi connectivity index (χ1v) is 6.36. The van der Waals surface area contributed by atoms with Crippen molar-refractivity contribution in [1.82, 2.24) is 14.9 Å². The average Bonchev–Trinajstić information content (AvgIpc) is 3.16. The van der Waals surface area contributed by atoms with Gasteiger partial charge in [-0.2, -0.15) is 0 Å². The minimum Gasteiger partial charge on any atom is -0.481 e. The molecule has 0 saturated heterocycles. The van der Waals surface area contributed by atoms with Crippen molar-refractivity contribution in [2.75, 3.05) is 19.5 Å². The lowest BCUT2D eigenvalue weighted by atomic mass is 10.00. The summed E-state index contributed by atoms with van der Waals surface area (Å²) in [5.74, 6) is 0.868. The van der Waals surface area contributed by atoms with E-state index in [1.54, 1.807) is 11.0 Å². The Balaban J connectivity index is 1.99. The molecule has 104 valence electrons. The Kier molecular flexibility index (Phi) is 3.59. The van der Waals surface area contributed by atoms with Crippen molar-refractivity contribution in [1.29, 1.82) is 0 Å². The van der Waals surface area contributed by atoms with Gasteiger partial charge in [-0.15, -0.1) is 0 Å². The molecule has 0 unspecified atom stereocenters. The maximum Gasteiger partial charge on any atom is 0.323 e. The number of methoxy groups -OCH3 is 1. The number of hydrogen-bond donors (Lipinski definition) is 1. The van der Waals surface area contributed by atoms with Crippen LogP contribution in [-0.4, -0.2) is 41.1 Å². The smallest absolute Gasteiger partial charge is 0.323 e. The van der Waals surface area contributed by atoms with Crippen LogP contribution in [-0.2, 0) is 0 Å². The molecule has 1 aliphatic carbocycles. The second kappa shape index (κ2) is 5.03. The zero-order valence-corrected chi connectivity index (χ0v) is 11.8. The monoisotopic (exact) mass is 264 g/mol. The van der Waals surface area contributed by atoms with E-state index in [9.17, 15) is 4.79 Å². The van der Waals surface area contributed by atoms with Gasteiger partial charge >= 0.3 is 6.03 Å². The highest BCUT2D eigenvalue weighted by Crippen LogP contribution is 2.49. The molecule has 19 heavy (non-hydrogen) atoms. The van der Waals surface area contributed by atoms with Gasteiger partial charge in [0.1, 0.15) is 12.1 Å². The predicted molar refractivity (Wildman–Crippen MR) is 72.2 cm³/mol. The Morgan fingerprint density at radius 3 is 2.79 bits per heavy atom. The fourth-order valence-corrected chi connectivity index (χ4v) is 1.98. The molecule has 2 amide bonds. The minimum atomic E-state index is -0.165. The second-order valence-electron chi connectivity index (χ2n) is 5.32. The third-order valence-corrected chi connectivity index (χ3v) is 4.03. The Hall–Kier alpha value is -1.85. The van der Waals surface area contributed by atoms with Crippen LogP contribution in [0, 0.1) is 5.41 Å². The van der Waals surface area contributed by atoms with Crippen LogP contribution in [0.5, 0.6) is 5.88 Å². The molecule has 6 heteroatoms. The Bertz CT molecular complexity index is 473. The third-order valence-electron chi connectivity index (χ3n) is 4.03. The van der Waals surface area contributed by atoms with Crippen molar-refractivity contribution in [3.8, 4) is 5.88 Å². The number of nitrogens with one attached hydrogen (secondary N) is 1. The fourth-order valence-electron chi connectivity index (χ4n) is 1.98. The molecule has 1 aromatic heterocycles. The molecule has 1 saturated carbocycles. The van der Waals surface area contributed by atoms with Crippen molar-refractivity contribution < 1.29 is 9.53 Å². The van der Waals surface area contributed by atoms with Gasteiger partial charge < -0.3 is 9.64 Å². The van der Waals surface area contributed by atoms with Crippen molar-refractivity contribution in [3.05, 3.63) is 12.4 Å². The van der Waals surface area contributed by atoms with E-state index < -0.39 is 0 Å². The standard InChI is InChI=1S/C13H20N4O2/c1-9(13(2)5-6-13)17(3)12(18)16-10-7-11(19-4)15-8-14-10/h7-9H,5-6H2,1-4H3,(H,14,15,16,18)/t9-/m1/s1. The lowest BCUT2D eigenvalue weighted by molar-refractivity contribution is 0.183. The summed E-state index contributed by atoms with van der Waals surface area (Å²) in [5.41, 5.74) is 0.259. The van der Waals surface area contributed by atoms with Crippen LogP contribution in [0.3, 0.4) is 0 Å². The van der Waals surface area contributed by atoms with Gasteiger partial charge in [0, 0.05) is 19.2 Å². The number of carbonyl (C=O) groups is 1. The second-order valence-corrected chi connectivity index (χ2v) is 5.32. The van der Waals surface area contributed by atoms with Crippen LogP contribution < -0.4 is 10.1 Å². The Labute approximate surface area is 113 Å². The number of carbonyl (C=O) groups excluding carboxylic acids is 1. The first-order valence-electron chi connectivity index (χ1n) is 6.36. The Morgan fingerprint density at radius 2 is 2.21 bits per heavy atom. The topological polar surface area (TPSA) is 67.3 Å². The molecular formula is C13H20N4O2. The van der Waals surface area contributed by atoms with E-state index in [1.807, 2.05) is 7.05 Å². The van der Waals surface area contributed by atoms with Gasteiger partial charge in [0.2, 0.25) is 5.88 Å². The quantitative estimate of drug-likeness (QED) is 0.904. The van der Waals surface area contributed by atoms with E-state index in [1.165, 1.54) is 26.3 Å². The summed E-state index contributed by atoms with van der Waals surface area (Å²) in [4.78, 5) is 21.8. The number of rotatable bonds is 4. The van der Waals surface area contributed by atoms with Crippen LogP contribution in [0.4, 0.5) is 10.6 Å². The van der Waals surface area contributed by atoms with Gasteiger partial charge in [-0.05, 0) is 25.2 Å². The molecule has 2 rings (SSSR count). The predicted octanol–water partition coefficient (Wildman–Crippen LogP) is 2.14. The number of hydrogen-bond acceptors (Lipinski definition) is 4. The average molecular weight is 264 g/mol. The van der Waals surface area contributed by atoms with Crippen LogP contribution in [0.1, 0.15) is 26.7 Å². The molecule has 0 radical (unpaired) electrons. The summed E-state index contributed by atoms with van der Waals surface area (Å²) in [6, 6.07) is 1.63. The van der Waals surface area contributed by atoms with Crippen LogP contribution >= 0.6 is 0 Å². The number of ether oxygens (including phenoxy) is 1. The zero-order valence-electron chi connectivity index (χ0n) is 11.8. The highest BCUT2D eigenvalue weighted by Gasteiger charge is 2.45. The van der Waals surface area contributed by atoms with Gasteiger partial charge in [-0.3, -0.25) is 5.32 Å². The van der Waals surface area contributed by atoms with Crippen molar-refractivity contribution in [2.45, 2.75) is 32.7 Å². The minimum absolute atomic E-state index is 0.165. The summed E-state index contributed by atoms with van der Waals surface area (Å²) in [7, 11) is 3.33. The van der Waals surface area contributed by atoms with E-state index in [-0.39, 0.29) is 17.5 Å². The van der Waals surface area contributed by atoms with Crippen LogP contribution in [0.2, 0.25) is 0 Å². The number of aromatic nitrogens is 2. The third kappa shape index (κ3) is 2.94. The van der Waals surface area contributed by atoms with Crippen molar-refractivity contribution in [3.63, 3.8) is 0 Å². The normalized spacial score (nSPS) is 17.5. The molecule has 0 aromatic carbocycles. The van der Waals surface area contributed by atoms with Gasteiger partial charge in [0.15, 0.2) is 0 Å². The summed E-state index contributed by atoms with van der Waals surface area (Å²) >= 11 is 0. The highest BCUT2D eigenvalue weighted by atomic mass is 16.5.